The Labute approximate surface area is 193 Å². The molecule has 0 unspecified atom stereocenters. The van der Waals surface area contributed by atoms with Gasteiger partial charge in [-0.2, -0.15) is 0 Å². The van der Waals surface area contributed by atoms with Crippen molar-refractivity contribution < 1.29 is 23.9 Å². The molecule has 0 radical (unpaired) electrons. The molecule has 2 aromatic carbocycles. The molecule has 0 saturated carbocycles. The molecule has 3 atom stereocenters. The summed E-state index contributed by atoms with van der Waals surface area (Å²) in [6.45, 7) is 5.88. The average Bonchev–Trinajstić information content (AvgIpc) is 3.20. The molecule has 3 amide bonds. The van der Waals surface area contributed by atoms with Gasteiger partial charge in [0.2, 0.25) is 11.8 Å². The number of amides is 3. The third-order valence-corrected chi connectivity index (χ3v) is 5.93. The van der Waals surface area contributed by atoms with Crippen LogP contribution in [-0.2, 0) is 19.1 Å². The van der Waals surface area contributed by atoms with Gasteiger partial charge >= 0.3 is 5.97 Å². The molecule has 8 nitrogen and oxygen atoms in total. The molecule has 1 aliphatic rings. The number of carbonyl (C=O) groups is 4. The first-order valence-electron chi connectivity index (χ1n) is 11.0. The van der Waals surface area contributed by atoms with Crippen LogP contribution in [-0.4, -0.2) is 36.3 Å². The summed E-state index contributed by atoms with van der Waals surface area (Å²) >= 11 is 0. The van der Waals surface area contributed by atoms with E-state index < -0.39 is 29.8 Å². The first-order valence-corrected chi connectivity index (χ1v) is 11.0. The Morgan fingerprint density at radius 1 is 1.12 bits per heavy atom. The van der Waals surface area contributed by atoms with Crippen LogP contribution in [0.2, 0.25) is 0 Å². The summed E-state index contributed by atoms with van der Waals surface area (Å²) in [4.78, 5) is 50.6. The molecule has 1 aliphatic heterocycles. The Bertz CT molecular complexity index is 1050. The van der Waals surface area contributed by atoms with E-state index in [1.54, 1.807) is 4.90 Å². The van der Waals surface area contributed by atoms with Crippen molar-refractivity contribution in [3.63, 3.8) is 0 Å². The van der Waals surface area contributed by atoms with Crippen molar-refractivity contribution in [3.8, 4) is 0 Å². The maximum absolute atomic E-state index is 12.7. The van der Waals surface area contributed by atoms with Crippen molar-refractivity contribution in [1.29, 1.82) is 0 Å². The maximum Gasteiger partial charge on any atom is 0.312 e. The summed E-state index contributed by atoms with van der Waals surface area (Å²) in [6, 6.07) is 13.8. The van der Waals surface area contributed by atoms with E-state index in [0.29, 0.717) is 11.3 Å². The van der Waals surface area contributed by atoms with Gasteiger partial charge in [0.25, 0.3) is 5.91 Å². The number of anilines is 2. The maximum atomic E-state index is 12.7. The Hall–Kier alpha value is -3.68. The minimum atomic E-state index is -1.05. The standard InChI is InChI=1S/C25H29N3O5/c1-4-15(2)20-7-5-6-8-21(20)28-14-18(13-22(28)29)25(32)33-16(3)24(31)27-19-11-9-17(10-12-19)23(26)30/h5-12,15-16,18H,4,13-14H2,1-3H3,(H2,26,30)(H,27,31)/t15-,16-,18+/m0/s1. The van der Waals surface area contributed by atoms with Crippen molar-refractivity contribution in [3.05, 3.63) is 59.7 Å². The van der Waals surface area contributed by atoms with E-state index >= 15 is 0 Å². The van der Waals surface area contributed by atoms with Crippen LogP contribution < -0.4 is 16.0 Å². The third-order valence-electron chi connectivity index (χ3n) is 5.93. The summed E-state index contributed by atoms with van der Waals surface area (Å²) < 4.78 is 5.36. The Morgan fingerprint density at radius 3 is 2.42 bits per heavy atom. The Balaban J connectivity index is 1.61. The number of primary amides is 1. The van der Waals surface area contributed by atoms with Crippen LogP contribution in [0.3, 0.4) is 0 Å². The molecule has 0 aromatic heterocycles. The predicted octanol–water partition coefficient (Wildman–Crippen LogP) is 3.22. The molecular weight excluding hydrogens is 422 g/mol. The van der Waals surface area contributed by atoms with Gasteiger partial charge in [0.05, 0.1) is 5.92 Å². The van der Waals surface area contributed by atoms with Gasteiger partial charge in [-0.15, -0.1) is 0 Å². The lowest BCUT2D eigenvalue weighted by molar-refractivity contribution is -0.157. The molecular formula is C25H29N3O5. The number of nitrogens with two attached hydrogens (primary N) is 1. The first kappa shape index (κ1) is 24.0. The average molecular weight is 452 g/mol. The highest BCUT2D eigenvalue weighted by atomic mass is 16.5. The predicted molar refractivity (Wildman–Crippen MR) is 125 cm³/mol. The van der Waals surface area contributed by atoms with E-state index in [-0.39, 0.29) is 24.8 Å². The fourth-order valence-electron chi connectivity index (χ4n) is 3.75. The lowest BCUT2D eigenvalue weighted by Crippen LogP contribution is -2.33. The van der Waals surface area contributed by atoms with Crippen LogP contribution in [0.5, 0.6) is 0 Å². The number of hydrogen-bond acceptors (Lipinski definition) is 5. The van der Waals surface area contributed by atoms with Crippen molar-refractivity contribution in [1.82, 2.24) is 0 Å². The van der Waals surface area contributed by atoms with E-state index in [9.17, 15) is 19.2 Å². The van der Waals surface area contributed by atoms with Gasteiger partial charge in [-0.3, -0.25) is 19.2 Å². The van der Waals surface area contributed by atoms with Gasteiger partial charge in [0.15, 0.2) is 6.10 Å². The highest BCUT2D eigenvalue weighted by Crippen LogP contribution is 2.33. The lowest BCUT2D eigenvalue weighted by atomic mass is 9.96. The van der Waals surface area contributed by atoms with E-state index in [1.165, 1.54) is 31.2 Å². The van der Waals surface area contributed by atoms with Crippen molar-refractivity contribution in [2.24, 2.45) is 11.7 Å². The number of carbonyl (C=O) groups excluding carboxylic acids is 4. The van der Waals surface area contributed by atoms with Gasteiger partial charge in [-0.25, -0.2) is 0 Å². The fourth-order valence-corrected chi connectivity index (χ4v) is 3.75. The Morgan fingerprint density at radius 2 is 1.79 bits per heavy atom. The van der Waals surface area contributed by atoms with Gasteiger partial charge in [-0.05, 0) is 55.2 Å². The molecule has 2 aromatic rings. The molecule has 3 N–H and O–H groups in total. The van der Waals surface area contributed by atoms with E-state index in [0.717, 1.165) is 17.7 Å². The zero-order chi connectivity index (χ0) is 24.1. The number of benzene rings is 2. The molecule has 0 aliphatic carbocycles. The van der Waals surface area contributed by atoms with E-state index in [1.807, 2.05) is 24.3 Å². The van der Waals surface area contributed by atoms with Crippen LogP contribution in [0.1, 0.15) is 55.5 Å². The summed E-state index contributed by atoms with van der Waals surface area (Å²) in [5.74, 6) is -2.17. The molecule has 1 saturated heterocycles. The normalized spacial score (nSPS) is 17.4. The van der Waals surface area contributed by atoms with Crippen LogP contribution >= 0.6 is 0 Å². The Kier molecular flexibility index (Phi) is 7.48. The minimum absolute atomic E-state index is 0.0383. The summed E-state index contributed by atoms with van der Waals surface area (Å²) in [5.41, 5.74) is 7.85. The van der Waals surface area contributed by atoms with Gasteiger partial charge in [0.1, 0.15) is 0 Å². The minimum Gasteiger partial charge on any atom is -0.452 e. The molecule has 8 heteroatoms. The summed E-state index contributed by atoms with van der Waals surface area (Å²) in [7, 11) is 0. The van der Waals surface area contributed by atoms with Gasteiger partial charge in [-0.1, -0.05) is 32.0 Å². The van der Waals surface area contributed by atoms with Gasteiger partial charge < -0.3 is 20.7 Å². The topological polar surface area (TPSA) is 119 Å². The molecule has 1 fully saturated rings. The van der Waals surface area contributed by atoms with Crippen LogP contribution in [0, 0.1) is 5.92 Å². The van der Waals surface area contributed by atoms with E-state index in [4.69, 9.17) is 10.5 Å². The number of hydrogen-bond donors (Lipinski definition) is 2. The van der Waals surface area contributed by atoms with Crippen LogP contribution in [0.25, 0.3) is 0 Å². The molecule has 3 rings (SSSR count). The van der Waals surface area contributed by atoms with Crippen molar-refractivity contribution in [2.75, 3.05) is 16.8 Å². The molecule has 33 heavy (non-hydrogen) atoms. The summed E-state index contributed by atoms with van der Waals surface area (Å²) in [5, 5.41) is 2.63. The number of para-hydroxylation sites is 1. The zero-order valence-corrected chi connectivity index (χ0v) is 19.0. The number of nitrogens with one attached hydrogen (secondary N) is 1. The smallest absolute Gasteiger partial charge is 0.312 e. The summed E-state index contributed by atoms with van der Waals surface area (Å²) in [6.07, 6.45) is -0.0798. The first-order chi connectivity index (χ1) is 15.7. The molecule has 174 valence electrons. The highest BCUT2D eigenvalue weighted by Gasteiger charge is 2.38. The second kappa shape index (κ2) is 10.3. The third kappa shape index (κ3) is 5.58. The second-order valence-electron chi connectivity index (χ2n) is 8.28. The molecule has 1 heterocycles. The fraction of sp³-hybridized carbons (Fsp3) is 0.360. The van der Waals surface area contributed by atoms with E-state index in [2.05, 4.69) is 19.2 Å². The van der Waals surface area contributed by atoms with Crippen LogP contribution in [0.15, 0.2) is 48.5 Å². The van der Waals surface area contributed by atoms with Crippen LogP contribution in [0.4, 0.5) is 11.4 Å². The lowest BCUT2D eigenvalue weighted by Gasteiger charge is -2.23. The number of nitrogens with zero attached hydrogens (tertiary/aromatic N) is 1. The second-order valence-corrected chi connectivity index (χ2v) is 8.28. The van der Waals surface area contributed by atoms with Gasteiger partial charge in [0, 0.05) is 29.9 Å². The number of rotatable bonds is 8. The zero-order valence-electron chi connectivity index (χ0n) is 19.0. The number of esters is 1. The number of ether oxygens (including phenoxy) is 1. The van der Waals surface area contributed by atoms with Crippen molar-refractivity contribution in [2.45, 2.75) is 45.6 Å². The quantitative estimate of drug-likeness (QED) is 0.598. The largest absolute Gasteiger partial charge is 0.452 e. The molecule has 0 spiro atoms. The van der Waals surface area contributed by atoms with Crippen molar-refractivity contribution >= 4 is 35.1 Å². The monoisotopic (exact) mass is 451 g/mol. The highest BCUT2D eigenvalue weighted by molar-refractivity contribution is 6.01. The molecule has 0 bridgehead atoms. The SMILES string of the molecule is CC[C@H](C)c1ccccc1N1C[C@H](C(=O)O[C@@H](C)C(=O)Nc2ccc(C(N)=O)cc2)CC1=O.